The number of carbonyl (C=O) groups is 1. The van der Waals surface area contributed by atoms with Gasteiger partial charge in [-0.1, -0.05) is 22.9 Å². The minimum absolute atomic E-state index is 0.139. The molecule has 1 fully saturated rings. The predicted octanol–water partition coefficient (Wildman–Crippen LogP) is 2.27. The second kappa shape index (κ2) is 7.11. The number of rotatable bonds is 4. The van der Waals surface area contributed by atoms with Crippen LogP contribution in [-0.2, 0) is 18.3 Å². The molecule has 1 unspecified atom stereocenters. The summed E-state index contributed by atoms with van der Waals surface area (Å²) < 4.78 is 17.5. The molecule has 0 spiro atoms. The van der Waals surface area contributed by atoms with Crippen molar-refractivity contribution < 1.29 is 9.18 Å². The molecule has 1 saturated heterocycles. The lowest BCUT2D eigenvalue weighted by atomic mass is 10.0. The van der Waals surface area contributed by atoms with E-state index in [1.165, 1.54) is 15.3 Å². The Balaban J connectivity index is 1.90. The molecule has 0 bridgehead atoms. The summed E-state index contributed by atoms with van der Waals surface area (Å²) in [4.78, 5) is 26.1. The van der Waals surface area contributed by atoms with Gasteiger partial charge in [-0.25, -0.2) is 18.4 Å². The molecule has 3 rings (SSSR count). The summed E-state index contributed by atoms with van der Waals surface area (Å²) in [5, 5.41) is 4.29. The summed E-state index contributed by atoms with van der Waals surface area (Å²) in [5.74, 6) is 0.388. The Morgan fingerprint density at radius 3 is 2.88 bits per heavy atom. The van der Waals surface area contributed by atoms with E-state index in [1.807, 2.05) is 11.8 Å². The fraction of sp³-hybridized carbons (Fsp3) is 0.471. The number of benzene rings is 1. The van der Waals surface area contributed by atoms with Crippen molar-refractivity contribution in [3.05, 3.63) is 44.8 Å². The molecular weight excluding hydrogens is 391 g/mol. The monoisotopic (exact) mass is 410 g/mol. The van der Waals surface area contributed by atoms with Gasteiger partial charge in [0.1, 0.15) is 11.6 Å². The predicted molar refractivity (Wildman–Crippen MR) is 95.1 cm³/mol. The van der Waals surface area contributed by atoms with Gasteiger partial charge >= 0.3 is 5.69 Å². The molecule has 1 aromatic carbocycles. The highest BCUT2D eigenvalue weighted by molar-refractivity contribution is 9.10. The molecule has 1 atom stereocenters. The average Bonchev–Trinajstić information content (AvgIpc) is 3.14. The number of likely N-dealkylation sites (tertiary alicyclic amines) is 1. The molecule has 1 amide bonds. The van der Waals surface area contributed by atoms with E-state index in [0.717, 1.165) is 13.0 Å². The van der Waals surface area contributed by atoms with Crippen LogP contribution in [0, 0.1) is 11.7 Å². The third kappa shape index (κ3) is 3.53. The second-order valence-corrected chi connectivity index (χ2v) is 7.22. The molecule has 0 aliphatic carbocycles. The smallest absolute Gasteiger partial charge is 0.342 e. The highest BCUT2D eigenvalue weighted by Crippen LogP contribution is 2.23. The van der Waals surface area contributed by atoms with Crippen molar-refractivity contribution >= 4 is 21.8 Å². The van der Waals surface area contributed by atoms with Crippen molar-refractivity contribution in [3.8, 4) is 5.69 Å². The molecule has 1 aliphatic heterocycles. The van der Waals surface area contributed by atoms with Crippen molar-refractivity contribution in [2.45, 2.75) is 26.2 Å². The highest BCUT2D eigenvalue weighted by atomic mass is 79.9. The maximum Gasteiger partial charge on any atom is 0.350 e. The summed E-state index contributed by atoms with van der Waals surface area (Å²) in [6.45, 7) is 3.23. The maximum absolute atomic E-state index is 14.4. The Hall–Kier alpha value is -1.96. The Labute approximate surface area is 153 Å². The van der Waals surface area contributed by atoms with Gasteiger partial charge in [0, 0.05) is 37.5 Å². The third-order valence-corrected chi connectivity index (χ3v) is 5.05. The van der Waals surface area contributed by atoms with Gasteiger partial charge in [0.2, 0.25) is 5.91 Å². The topological polar surface area (TPSA) is 60.1 Å². The van der Waals surface area contributed by atoms with E-state index in [2.05, 4.69) is 21.0 Å². The van der Waals surface area contributed by atoms with Crippen LogP contribution >= 0.6 is 15.9 Å². The van der Waals surface area contributed by atoms with Gasteiger partial charge in [-0.3, -0.25) is 4.79 Å². The van der Waals surface area contributed by atoms with Crippen molar-refractivity contribution in [3.63, 3.8) is 0 Å². The standard InChI is InChI=1S/C17H20BrFN4O2/c1-3-16(24)22-7-6-11(10-22)8-15-20-21(2)17(25)23(15)14-5-4-12(18)9-13(14)19/h4-5,9,11H,3,6-8,10H2,1-2H3. The van der Waals surface area contributed by atoms with Gasteiger partial charge in [-0.2, -0.15) is 5.10 Å². The number of aryl methyl sites for hydroxylation is 1. The second-order valence-electron chi connectivity index (χ2n) is 6.31. The molecule has 2 aromatic rings. The lowest BCUT2D eigenvalue weighted by molar-refractivity contribution is -0.129. The Morgan fingerprint density at radius 1 is 1.44 bits per heavy atom. The SMILES string of the molecule is CCC(=O)N1CCC(Cc2nn(C)c(=O)n2-c2ccc(Br)cc2F)C1. The number of amides is 1. The van der Waals surface area contributed by atoms with Gasteiger partial charge in [0.15, 0.2) is 0 Å². The number of hydrogen-bond donors (Lipinski definition) is 0. The van der Waals surface area contributed by atoms with Gasteiger partial charge in [-0.05, 0) is 30.5 Å². The molecule has 1 aliphatic rings. The van der Waals surface area contributed by atoms with Crippen molar-refractivity contribution in [2.75, 3.05) is 13.1 Å². The summed E-state index contributed by atoms with van der Waals surface area (Å²) in [6.07, 6.45) is 1.88. The van der Waals surface area contributed by atoms with Gasteiger partial charge in [-0.15, -0.1) is 0 Å². The van der Waals surface area contributed by atoms with Crippen molar-refractivity contribution in [1.82, 2.24) is 19.2 Å². The van der Waals surface area contributed by atoms with Crippen LogP contribution in [0.3, 0.4) is 0 Å². The summed E-state index contributed by atoms with van der Waals surface area (Å²) >= 11 is 3.22. The Bertz CT molecular complexity index is 861. The Morgan fingerprint density at radius 2 is 2.20 bits per heavy atom. The number of hydrogen-bond acceptors (Lipinski definition) is 3. The van der Waals surface area contributed by atoms with E-state index in [9.17, 15) is 14.0 Å². The fourth-order valence-corrected chi connectivity index (χ4v) is 3.59. The van der Waals surface area contributed by atoms with E-state index < -0.39 is 5.82 Å². The molecule has 1 aromatic heterocycles. The first kappa shape index (κ1) is 17.8. The zero-order valence-corrected chi connectivity index (χ0v) is 15.8. The average molecular weight is 411 g/mol. The largest absolute Gasteiger partial charge is 0.350 e. The lowest BCUT2D eigenvalue weighted by Crippen LogP contribution is -2.28. The Kier molecular flexibility index (Phi) is 5.08. The summed E-state index contributed by atoms with van der Waals surface area (Å²) in [7, 11) is 1.56. The first-order chi connectivity index (χ1) is 11.9. The summed E-state index contributed by atoms with van der Waals surface area (Å²) in [5.41, 5.74) is -0.188. The van der Waals surface area contributed by atoms with Crippen molar-refractivity contribution in [1.29, 1.82) is 0 Å². The molecule has 134 valence electrons. The van der Waals surface area contributed by atoms with Crippen LogP contribution in [0.2, 0.25) is 0 Å². The van der Waals surface area contributed by atoms with Crippen LogP contribution in [0.25, 0.3) is 5.69 Å². The quantitative estimate of drug-likeness (QED) is 0.776. The van der Waals surface area contributed by atoms with E-state index in [-0.39, 0.29) is 23.2 Å². The van der Waals surface area contributed by atoms with Crippen LogP contribution in [0.5, 0.6) is 0 Å². The fourth-order valence-electron chi connectivity index (χ4n) is 3.26. The first-order valence-electron chi connectivity index (χ1n) is 8.28. The molecule has 0 saturated carbocycles. The number of aromatic nitrogens is 3. The third-order valence-electron chi connectivity index (χ3n) is 4.55. The van der Waals surface area contributed by atoms with Crippen LogP contribution in [0.1, 0.15) is 25.6 Å². The van der Waals surface area contributed by atoms with E-state index >= 15 is 0 Å². The van der Waals surface area contributed by atoms with Crippen LogP contribution in [0.4, 0.5) is 4.39 Å². The molecule has 0 N–H and O–H groups in total. The minimum Gasteiger partial charge on any atom is -0.342 e. The molecule has 0 radical (unpaired) electrons. The number of nitrogens with zero attached hydrogens (tertiary/aromatic N) is 4. The molecule has 8 heteroatoms. The van der Waals surface area contributed by atoms with Crippen LogP contribution in [-0.4, -0.2) is 38.2 Å². The summed E-state index contributed by atoms with van der Waals surface area (Å²) in [6, 6.07) is 4.59. The zero-order valence-electron chi connectivity index (χ0n) is 14.2. The molecule has 2 heterocycles. The lowest BCUT2D eigenvalue weighted by Gasteiger charge is -2.15. The molecule has 25 heavy (non-hydrogen) atoms. The minimum atomic E-state index is -0.486. The van der Waals surface area contributed by atoms with Crippen LogP contribution in [0.15, 0.2) is 27.5 Å². The van der Waals surface area contributed by atoms with Gasteiger partial charge in [0.05, 0.1) is 5.69 Å². The van der Waals surface area contributed by atoms with Crippen molar-refractivity contribution in [2.24, 2.45) is 13.0 Å². The molecule has 6 nitrogen and oxygen atoms in total. The van der Waals surface area contributed by atoms with Gasteiger partial charge < -0.3 is 4.90 Å². The van der Waals surface area contributed by atoms with E-state index in [1.54, 1.807) is 19.2 Å². The van der Waals surface area contributed by atoms with E-state index in [4.69, 9.17) is 0 Å². The first-order valence-corrected chi connectivity index (χ1v) is 9.08. The maximum atomic E-state index is 14.4. The number of carbonyl (C=O) groups excluding carboxylic acids is 1. The number of halogens is 2. The highest BCUT2D eigenvalue weighted by Gasteiger charge is 2.28. The molecular formula is C17H20BrFN4O2. The van der Waals surface area contributed by atoms with E-state index in [0.29, 0.717) is 29.7 Å². The van der Waals surface area contributed by atoms with Gasteiger partial charge in [0.25, 0.3) is 0 Å². The van der Waals surface area contributed by atoms with Crippen LogP contribution < -0.4 is 5.69 Å². The normalized spacial score (nSPS) is 17.3. The zero-order chi connectivity index (χ0) is 18.1.